The van der Waals surface area contributed by atoms with Crippen LogP contribution in [0.5, 0.6) is 0 Å². The van der Waals surface area contributed by atoms with Crippen LogP contribution >= 0.6 is 27.7 Å². The molecule has 0 spiro atoms. The molecule has 4 aromatic rings. The Kier molecular flexibility index (Phi) is 6.07. The molecule has 0 atom stereocenters. The molecule has 1 amide bonds. The van der Waals surface area contributed by atoms with Gasteiger partial charge >= 0.3 is 0 Å². The second kappa shape index (κ2) is 9.07. The molecule has 0 bridgehead atoms. The van der Waals surface area contributed by atoms with Gasteiger partial charge in [0.1, 0.15) is 0 Å². The molecule has 0 radical (unpaired) electrons. The number of anilines is 2. The van der Waals surface area contributed by atoms with Crippen molar-refractivity contribution in [1.29, 1.82) is 0 Å². The van der Waals surface area contributed by atoms with Crippen molar-refractivity contribution in [3.05, 3.63) is 89.4 Å². The Morgan fingerprint density at radius 3 is 2.07 bits per heavy atom. The first kappa shape index (κ1) is 19.4. The highest BCUT2D eigenvalue weighted by Gasteiger charge is 2.20. The van der Waals surface area contributed by atoms with Crippen molar-refractivity contribution in [1.82, 2.24) is 10.2 Å². The first-order chi connectivity index (χ1) is 14.2. The summed E-state index contributed by atoms with van der Waals surface area (Å²) in [4.78, 5) is 14.7. The molecule has 1 aromatic heterocycles. The van der Waals surface area contributed by atoms with Crippen LogP contribution in [0.15, 0.2) is 99.0 Å². The van der Waals surface area contributed by atoms with Gasteiger partial charge in [-0.25, -0.2) is 0 Å². The summed E-state index contributed by atoms with van der Waals surface area (Å²) < 4.78 is 6.60. The number of rotatable bonds is 6. The zero-order valence-electron chi connectivity index (χ0n) is 15.2. The number of hydrogen-bond acceptors (Lipinski definition) is 5. The van der Waals surface area contributed by atoms with Gasteiger partial charge in [-0.2, -0.15) is 0 Å². The molecular formula is C22H16BrN3O2S. The third kappa shape index (κ3) is 4.58. The molecular weight excluding hydrogens is 450 g/mol. The van der Waals surface area contributed by atoms with Gasteiger partial charge in [0, 0.05) is 15.8 Å². The molecule has 0 N–H and O–H groups in total. The van der Waals surface area contributed by atoms with Gasteiger partial charge in [-0.1, -0.05) is 60.3 Å². The van der Waals surface area contributed by atoms with Crippen LogP contribution in [0.4, 0.5) is 11.4 Å². The van der Waals surface area contributed by atoms with Crippen LogP contribution in [0.1, 0.15) is 0 Å². The van der Waals surface area contributed by atoms with Crippen molar-refractivity contribution in [3.63, 3.8) is 0 Å². The molecule has 29 heavy (non-hydrogen) atoms. The van der Waals surface area contributed by atoms with Crippen LogP contribution in [-0.4, -0.2) is 21.9 Å². The van der Waals surface area contributed by atoms with Crippen LogP contribution in [0.2, 0.25) is 0 Å². The van der Waals surface area contributed by atoms with Gasteiger partial charge in [0.2, 0.25) is 11.8 Å². The molecule has 0 saturated heterocycles. The average molecular weight is 466 g/mol. The van der Waals surface area contributed by atoms with E-state index < -0.39 is 0 Å². The van der Waals surface area contributed by atoms with E-state index in [0.717, 1.165) is 21.4 Å². The van der Waals surface area contributed by atoms with Crippen LogP contribution in [-0.2, 0) is 4.79 Å². The Balaban J connectivity index is 1.51. The highest BCUT2D eigenvalue weighted by molar-refractivity contribution is 9.10. The van der Waals surface area contributed by atoms with Crippen molar-refractivity contribution >= 4 is 45.0 Å². The quantitative estimate of drug-likeness (QED) is 0.329. The minimum absolute atomic E-state index is 0.0759. The summed E-state index contributed by atoms with van der Waals surface area (Å²) in [6.07, 6.45) is 0. The summed E-state index contributed by atoms with van der Waals surface area (Å²) in [5, 5.41) is 8.51. The molecule has 144 valence electrons. The lowest BCUT2D eigenvalue weighted by molar-refractivity contribution is -0.115. The molecule has 0 aliphatic heterocycles. The summed E-state index contributed by atoms with van der Waals surface area (Å²) in [6, 6.07) is 26.8. The minimum atomic E-state index is -0.0759. The van der Waals surface area contributed by atoms with Gasteiger partial charge in [0.25, 0.3) is 5.22 Å². The molecule has 3 aromatic carbocycles. The van der Waals surface area contributed by atoms with Crippen LogP contribution < -0.4 is 4.90 Å². The number of benzene rings is 3. The van der Waals surface area contributed by atoms with E-state index in [-0.39, 0.29) is 11.7 Å². The Hall–Kier alpha value is -2.90. The highest BCUT2D eigenvalue weighted by Crippen LogP contribution is 2.30. The van der Waals surface area contributed by atoms with Gasteiger partial charge in [-0.3, -0.25) is 9.69 Å². The van der Waals surface area contributed by atoms with E-state index in [1.54, 1.807) is 4.90 Å². The lowest BCUT2D eigenvalue weighted by atomic mass is 10.2. The maximum atomic E-state index is 13.1. The number of nitrogens with zero attached hydrogens (tertiary/aromatic N) is 3. The number of carbonyl (C=O) groups is 1. The van der Waals surface area contributed by atoms with Gasteiger partial charge in [-0.15, -0.1) is 10.2 Å². The fraction of sp³-hybridized carbons (Fsp3) is 0.0455. The molecule has 0 aliphatic carbocycles. The zero-order valence-corrected chi connectivity index (χ0v) is 17.6. The summed E-state index contributed by atoms with van der Waals surface area (Å²) in [7, 11) is 0. The van der Waals surface area contributed by atoms with Gasteiger partial charge in [0.15, 0.2) is 0 Å². The predicted octanol–water partition coefficient (Wildman–Crippen LogP) is 5.96. The molecule has 1 heterocycles. The van der Waals surface area contributed by atoms with Crippen LogP contribution in [0.25, 0.3) is 11.5 Å². The standard InChI is InChI=1S/C22H16BrN3O2S/c23-19-14-8-7-13-18(19)21-24-25-22(28-21)29-15-20(27)26(16-9-3-1-4-10-16)17-11-5-2-6-12-17/h1-14H,15H2. The lowest BCUT2D eigenvalue weighted by Gasteiger charge is -2.22. The second-order valence-corrected chi connectivity index (χ2v) is 7.82. The van der Waals surface area contributed by atoms with Crippen molar-refractivity contribution in [3.8, 4) is 11.5 Å². The van der Waals surface area contributed by atoms with Crippen molar-refractivity contribution in [2.45, 2.75) is 5.22 Å². The highest BCUT2D eigenvalue weighted by atomic mass is 79.9. The molecule has 0 saturated carbocycles. The number of thioether (sulfide) groups is 1. The molecule has 7 heteroatoms. The van der Waals surface area contributed by atoms with E-state index >= 15 is 0 Å². The number of halogens is 1. The predicted molar refractivity (Wildman–Crippen MR) is 118 cm³/mol. The maximum Gasteiger partial charge on any atom is 0.277 e. The minimum Gasteiger partial charge on any atom is -0.411 e. The van der Waals surface area contributed by atoms with E-state index in [0.29, 0.717) is 11.1 Å². The molecule has 0 aliphatic rings. The van der Waals surface area contributed by atoms with Gasteiger partial charge < -0.3 is 4.42 Å². The first-order valence-corrected chi connectivity index (χ1v) is 10.6. The van der Waals surface area contributed by atoms with E-state index in [2.05, 4.69) is 26.1 Å². The summed E-state index contributed by atoms with van der Waals surface area (Å²) in [5.41, 5.74) is 2.43. The van der Waals surface area contributed by atoms with Gasteiger partial charge in [-0.05, 0) is 52.3 Å². The number of para-hydroxylation sites is 2. The third-order valence-corrected chi connectivity index (χ3v) is 5.60. The number of hydrogen-bond donors (Lipinski definition) is 0. The van der Waals surface area contributed by atoms with Crippen LogP contribution in [0.3, 0.4) is 0 Å². The Labute approximate surface area is 180 Å². The monoisotopic (exact) mass is 465 g/mol. The summed E-state index contributed by atoms with van der Waals surface area (Å²) >= 11 is 4.70. The topological polar surface area (TPSA) is 59.2 Å². The maximum absolute atomic E-state index is 13.1. The number of aromatic nitrogens is 2. The van der Waals surface area contributed by atoms with E-state index in [9.17, 15) is 4.79 Å². The Morgan fingerprint density at radius 2 is 1.45 bits per heavy atom. The first-order valence-electron chi connectivity index (χ1n) is 8.86. The SMILES string of the molecule is O=C(CSc1nnc(-c2ccccc2Br)o1)N(c1ccccc1)c1ccccc1. The van der Waals surface area contributed by atoms with E-state index in [4.69, 9.17) is 4.42 Å². The smallest absolute Gasteiger partial charge is 0.277 e. The van der Waals surface area contributed by atoms with Crippen molar-refractivity contribution in [2.75, 3.05) is 10.7 Å². The number of amides is 1. The van der Waals surface area contributed by atoms with Crippen LogP contribution in [0, 0.1) is 0 Å². The summed E-state index contributed by atoms with van der Waals surface area (Å²) in [6.45, 7) is 0. The van der Waals surface area contributed by atoms with Crippen molar-refractivity contribution in [2.24, 2.45) is 0 Å². The van der Waals surface area contributed by atoms with E-state index in [1.165, 1.54) is 11.8 Å². The summed E-state index contributed by atoms with van der Waals surface area (Å²) in [5.74, 6) is 0.505. The normalized spacial score (nSPS) is 10.7. The largest absolute Gasteiger partial charge is 0.411 e. The lowest BCUT2D eigenvalue weighted by Crippen LogP contribution is -2.27. The Morgan fingerprint density at radius 1 is 0.862 bits per heavy atom. The second-order valence-electron chi connectivity index (χ2n) is 6.04. The van der Waals surface area contributed by atoms with Gasteiger partial charge in [0.05, 0.1) is 11.3 Å². The third-order valence-electron chi connectivity index (χ3n) is 4.11. The molecule has 0 unspecified atom stereocenters. The van der Waals surface area contributed by atoms with E-state index in [1.807, 2.05) is 84.9 Å². The zero-order chi connectivity index (χ0) is 20.1. The average Bonchev–Trinajstić information content (AvgIpc) is 3.23. The Bertz CT molecular complexity index is 1060. The molecule has 5 nitrogen and oxygen atoms in total. The number of carbonyl (C=O) groups excluding carboxylic acids is 1. The molecule has 0 fully saturated rings. The van der Waals surface area contributed by atoms with Crippen molar-refractivity contribution < 1.29 is 9.21 Å². The molecule has 4 rings (SSSR count). The fourth-order valence-electron chi connectivity index (χ4n) is 2.79. The fourth-order valence-corrected chi connectivity index (χ4v) is 3.86.